The fourth-order valence-corrected chi connectivity index (χ4v) is 3.15. The van der Waals surface area contributed by atoms with Crippen LogP contribution >= 0.6 is 11.6 Å². The van der Waals surface area contributed by atoms with Crippen molar-refractivity contribution < 1.29 is 13.3 Å². The molecule has 0 aliphatic carbocycles. The van der Waals surface area contributed by atoms with Gasteiger partial charge in [0.25, 0.3) is 15.7 Å². The van der Waals surface area contributed by atoms with Crippen molar-refractivity contribution in [3.8, 4) is 0 Å². The van der Waals surface area contributed by atoms with Gasteiger partial charge in [-0.2, -0.15) is 0 Å². The molecule has 0 aliphatic rings. The number of hydrogen-bond donors (Lipinski definition) is 1. The lowest BCUT2D eigenvalue weighted by Crippen LogP contribution is -2.14. The number of nitro groups is 1. The molecule has 0 fully saturated rings. The maximum absolute atomic E-state index is 12.3. The molecule has 1 N–H and O–H groups in total. The first-order valence-electron chi connectivity index (χ1n) is 5.83. The zero-order valence-electron chi connectivity index (χ0n) is 10.9. The first kappa shape index (κ1) is 15.3. The average Bonchev–Trinajstić information content (AvgIpc) is 2.37. The lowest BCUT2D eigenvalue weighted by Gasteiger charge is -2.09. The number of halogens is 1. The van der Waals surface area contributed by atoms with Crippen LogP contribution in [0.4, 0.5) is 11.4 Å². The molecule has 21 heavy (non-hydrogen) atoms. The highest BCUT2D eigenvalue weighted by molar-refractivity contribution is 7.92. The summed E-state index contributed by atoms with van der Waals surface area (Å²) >= 11 is 5.67. The molecule has 0 heterocycles. The fraction of sp³-hybridized carbons (Fsp3) is 0.0769. The number of nitro benzene ring substituents is 1. The highest BCUT2D eigenvalue weighted by atomic mass is 35.5. The number of anilines is 1. The zero-order valence-corrected chi connectivity index (χ0v) is 12.5. The third-order valence-corrected chi connectivity index (χ3v) is 4.34. The van der Waals surface area contributed by atoms with Crippen molar-refractivity contribution in [2.45, 2.75) is 11.8 Å². The molecule has 0 amide bonds. The van der Waals surface area contributed by atoms with E-state index in [1.165, 1.54) is 6.07 Å². The maximum atomic E-state index is 12.3. The highest BCUT2D eigenvalue weighted by Gasteiger charge is 2.26. The first-order chi connectivity index (χ1) is 9.79. The molecular formula is C13H11ClN2O4S. The second-order valence-corrected chi connectivity index (χ2v) is 6.43. The molecule has 6 nitrogen and oxygen atoms in total. The monoisotopic (exact) mass is 326 g/mol. The van der Waals surface area contributed by atoms with E-state index in [0.717, 1.165) is 17.7 Å². The average molecular weight is 327 g/mol. The Labute approximate surface area is 126 Å². The van der Waals surface area contributed by atoms with Gasteiger partial charge < -0.3 is 0 Å². The summed E-state index contributed by atoms with van der Waals surface area (Å²) in [6.07, 6.45) is 0. The lowest BCUT2D eigenvalue weighted by molar-refractivity contribution is -0.387. The predicted octanol–water partition coefficient (Wildman–Crippen LogP) is 3.36. The van der Waals surface area contributed by atoms with Gasteiger partial charge in [-0.25, -0.2) is 8.42 Å². The fourth-order valence-electron chi connectivity index (χ4n) is 1.78. The SMILES string of the molecule is Cc1cccc(NS(=O)(=O)c2ccc(Cl)cc2[N+](=O)[O-])c1. The van der Waals surface area contributed by atoms with Gasteiger partial charge in [0.1, 0.15) is 0 Å². The normalized spacial score (nSPS) is 11.1. The van der Waals surface area contributed by atoms with Crippen molar-refractivity contribution in [3.05, 3.63) is 63.2 Å². The van der Waals surface area contributed by atoms with Crippen LogP contribution in [0.3, 0.4) is 0 Å². The van der Waals surface area contributed by atoms with E-state index in [0.29, 0.717) is 5.69 Å². The number of rotatable bonds is 4. The van der Waals surface area contributed by atoms with E-state index in [2.05, 4.69) is 4.72 Å². The van der Waals surface area contributed by atoms with Crippen LogP contribution in [0.1, 0.15) is 5.56 Å². The smallest absolute Gasteiger partial charge is 0.279 e. The Hall–Kier alpha value is -2.12. The summed E-state index contributed by atoms with van der Waals surface area (Å²) in [5, 5.41) is 11.1. The Morgan fingerprint density at radius 2 is 1.90 bits per heavy atom. The number of aryl methyl sites for hydroxylation is 1. The van der Waals surface area contributed by atoms with Crippen LogP contribution in [-0.4, -0.2) is 13.3 Å². The van der Waals surface area contributed by atoms with Gasteiger partial charge in [-0.1, -0.05) is 23.7 Å². The molecular weight excluding hydrogens is 316 g/mol. The van der Waals surface area contributed by atoms with Crippen molar-refractivity contribution >= 4 is 33.0 Å². The van der Waals surface area contributed by atoms with E-state index in [1.54, 1.807) is 18.2 Å². The van der Waals surface area contributed by atoms with Gasteiger partial charge in [0, 0.05) is 16.8 Å². The van der Waals surface area contributed by atoms with Gasteiger partial charge in [0.2, 0.25) is 0 Å². The summed E-state index contributed by atoms with van der Waals surface area (Å²) in [6.45, 7) is 1.81. The van der Waals surface area contributed by atoms with Gasteiger partial charge in [0.05, 0.1) is 4.92 Å². The number of benzene rings is 2. The molecule has 0 aromatic heterocycles. The number of nitrogens with one attached hydrogen (secondary N) is 1. The quantitative estimate of drug-likeness (QED) is 0.689. The molecule has 0 spiro atoms. The Kier molecular flexibility index (Phi) is 4.15. The summed E-state index contributed by atoms with van der Waals surface area (Å²) in [7, 11) is -4.07. The molecule has 0 saturated heterocycles. The molecule has 2 aromatic rings. The minimum absolute atomic E-state index is 0.0937. The Balaban J connectivity index is 2.47. The van der Waals surface area contributed by atoms with E-state index in [9.17, 15) is 18.5 Å². The third-order valence-electron chi connectivity index (χ3n) is 2.68. The molecule has 0 unspecified atom stereocenters. The van der Waals surface area contributed by atoms with E-state index in [1.807, 2.05) is 13.0 Å². The zero-order chi connectivity index (χ0) is 15.6. The van der Waals surface area contributed by atoms with Gasteiger partial charge in [-0.3, -0.25) is 14.8 Å². The molecule has 0 atom stereocenters. The number of hydrogen-bond acceptors (Lipinski definition) is 4. The Morgan fingerprint density at radius 1 is 1.19 bits per heavy atom. The van der Waals surface area contributed by atoms with Crippen molar-refractivity contribution in [3.63, 3.8) is 0 Å². The van der Waals surface area contributed by atoms with Gasteiger partial charge in [-0.05, 0) is 36.8 Å². The van der Waals surface area contributed by atoms with Crippen molar-refractivity contribution in [1.82, 2.24) is 0 Å². The molecule has 0 radical (unpaired) electrons. The van der Waals surface area contributed by atoms with E-state index < -0.39 is 25.5 Å². The van der Waals surface area contributed by atoms with Crippen LogP contribution in [0.25, 0.3) is 0 Å². The molecule has 110 valence electrons. The molecule has 2 rings (SSSR count). The van der Waals surface area contributed by atoms with Crippen LogP contribution in [0, 0.1) is 17.0 Å². The van der Waals surface area contributed by atoms with Crippen LogP contribution in [0.2, 0.25) is 5.02 Å². The third kappa shape index (κ3) is 3.50. The summed E-state index contributed by atoms with van der Waals surface area (Å²) in [6, 6.07) is 10.1. The van der Waals surface area contributed by atoms with Crippen molar-refractivity contribution in [2.75, 3.05) is 4.72 Å². The molecule has 8 heteroatoms. The molecule has 0 saturated carbocycles. The Morgan fingerprint density at radius 3 is 2.52 bits per heavy atom. The summed E-state index contributed by atoms with van der Waals surface area (Å²) < 4.78 is 26.9. The number of sulfonamides is 1. The lowest BCUT2D eigenvalue weighted by atomic mass is 10.2. The second kappa shape index (κ2) is 5.71. The molecule has 0 aliphatic heterocycles. The standard InChI is InChI=1S/C13H11ClN2O4S/c1-9-3-2-4-11(7-9)15-21(19,20)13-6-5-10(14)8-12(13)16(17)18/h2-8,15H,1H3. The van der Waals surface area contributed by atoms with E-state index >= 15 is 0 Å². The second-order valence-electron chi connectivity index (χ2n) is 4.34. The van der Waals surface area contributed by atoms with Crippen molar-refractivity contribution in [1.29, 1.82) is 0 Å². The summed E-state index contributed by atoms with van der Waals surface area (Å²) in [5.74, 6) is 0. The molecule has 0 bridgehead atoms. The minimum Gasteiger partial charge on any atom is -0.279 e. The maximum Gasteiger partial charge on any atom is 0.291 e. The van der Waals surface area contributed by atoms with Gasteiger partial charge in [0.15, 0.2) is 4.90 Å². The topological polar surface area (TPSA) is 89.3 Å². The van der Waals surface area contributed by atoms with Crippen molar-refractivity contribution in [2.24, 2.45) is 0 Å². The van der Waals surface area contributed by atoms with E-state index in [4.69, 9.17) is 11.6 Å². The van der Waals surface area contributed by atoms with Crippen LogP contribution in [0.5, 0.6) is 0 Å². The van der Waals surface area contributed by atoms with Crippen LogP contribution in [0.15, 0.2) is 47.4 Å². The minimum atomic E-state index is -4.07. The van der Waals surface area contributed by atoms with Crippen LogP contribution in [-0.2, 0) is 10.0 Å². The first-order valence-corrected chi connectivity index (χ1v) is 7.69. The highest BCUT2D eigenvalue weighted by Crippen LogP contribution is 2.28. The largest absolute Gasteiger partial charge is 0.291 e. The predicted molar refractivity (Wildman–Crippen MR) is 80.1 cm³/mol. The van der Waals surface area contributed by atoms with E-state index in [-0.39, 0.29) is 5.02 Å². The van der Waals surface area contributed by atoms with Gasteiger partial charge >= 0.3 is 0 Å². The number of nitrogens with zero attached hydrogens (tertiary/aromatic N) is 1. The molecule has 2 aromatic carbocycles. The van der Waals surface area contributed by atoms with Gasteiger partial charge in [-0.15, -0.1) is 0 Å². The summed E-state index contributed by atoms with van der Waals surface area (Å²) in [4.78, 5) is 9.77. The summed E-state index contributed by atoms with van der Waals surface area (Å²) in [5.41, 5.74) is 0.628. The van der Waals surface area contributed by atoms with Crippen LogP contribution < -0.4 is 4.72 Å². The Bertz CT molecular complexity index is 806.